The molecule has 1 spiro atoms. The van der Waals surface area contributed by atoms with Crippen molar-refractivity contribution in [1.29, 1.82) is 0 Å². The molecule has 0 radical (unpaired) electrons. The number of alkyl halides is 3. The summed E-state index contributed by atoms with van der Waals surface area (Å²) in [5, 5.41) is 0.735. The highest BCUT2D eigenvalue weighted by molar-refractivity contribution is 7.18. The van der Waals surface area contributed by atoms with Crippen LogP contribution >= 0.6 is 11.3 Å². The molecule has 0 bridgehead atoms. The molecule has 3 heterocycles. The zero-order chi connectivity index (χ0) is 22.8. The molecule has 6 rings (SSSR count). The van der Waals surface area contributed by atoms with E-state index in [9.17, 15) is 18.0 Å². The first-order valence-corrected chi connectivity index (χ1v) is 12.2. The third-order valence-corrected chi connectivity index (χ3v) is 8.50. The van der Waals surface area contributed by atoms with Gasteiger partial charge in [0, 0.05) is 36.2 Å². The molecule has 2 aromatic heterocycles. The highest BCUT2D eigenvalue weighted by atomic mass is 32.1. The summed E-state index contributed by atoms with van der Waals surface area (Å²) >= 11 is 1.11. The molecule has 2 aliphatic carbocycles. The lowest BCUT2D eigenvalue weighted by molar-refractivity contribution is -0.126. The molecule has 1 aromatic carbocycles. The van der Waals surface area contributed by atoms with Crippen LogP contribution < -0.4 is 4.90 Å². The van der Waals surface area contributed by atoms with E-state index in [4.69, 9.17) is 0 Å². The summed E-state index contributed by atoms with van der Waals surface area (Å²) in [6.45, 7) is 1.80. The number of ketones is 1. The third kappa shape index (κ3) is 4.03. The smallest absolute Gasteiger partial charge is 0.355 e. The summed E-state index contributed by atoms with van der Waals surface area (Å²) in [6.07, 6.45) is 2.06. The molecule has 1 aliphatic heterocycles. The molecule has 8 heteroatoms. The third-order valence-electron chi connectivity index (χ3n) is 7.46. The molecule has 1 saturated carbocycles. The molecular formula is C25H24F3N3OS. The van der Waals surface area contributed by atoms with Gasteiger partial charge in [0.25, 0.3) is 0 Å². The standard InChI is InChI=1S/C25H24F3N3OS/c26-25(27,28)11-20-9-21-22(29-14-30-23(21)33-20)31-12-24(13-31)4-3-16(10-24)5-15-1-2-17-7-19(32)8-18(17)6-15/h1-2,6,9,14,16H,3-5,7-8,10-13H2/t16-/m1/s1. The van der Waals surface area contributed by atoms with Gasteiger partial charge in [-0.05, 0) is 54.4 Å². The number of carbonyl (C=O) groups excluding carboxylic acids is 1. The van der Waals surface area contributed by atoms with Gasteiger partial charge in [-0.25, -0.2) is 9.97 Å². The number of thiophene rings is 1. The number of carbonyl (C=O) groups is 1. The maximum atomic E-state index is 12.8. The van der Waals surface area contributed by atoms with Gasteiger partial charge in [-0.3, -0.25) is 4.79 Å². The van der Waals surface area contributed by atoms with Crippen molar-refractivity contribution in [3.05, 3.63) is 52.2 Å². The molecule has 0 unspecified atom stereocenters. The lowest BCUT2D eigenvalue weighted by atomic mass is 9.77. The monoisotopic (exact) mass is 471 g/mol. The van der Waals surface area contributed by atoms with E-state index in [-0.39, 0.29) is 10.3 Å². The first-order chi connectivity index (χ1) is 15.8. The summed E-state index contributed by atoms with van der Waals surface area (Å²) in [4.78, 5) is 23.5. The number of nitrogens with zero attached hydrogens (tertiary/aromatic N) is 3. The van der Waals surface area contributed by atoms with Crippen LogP contribution in [0.3, 0.4) is 0 Å². The zero-order valence-electron chi connectivity index (χ0n) is 18.1. The number of halogens is 3. The minimum Gasteiger partial charge on any atom is -0.355 e. The Hall–Kier alpha value is -2.48. The van der Waals surface area contributed by atoms with Gasteiger partial charge in [-0.1, -0.05) is 18.2 Å². The van der Waals surface area contributed by atoms with Gasteiger partial charge in [0.1, 0.15) is 22.8 Å². The van der Waals surface area contributed by atoms with E-state index < -0.39 is 12.6 Å². The molecule has 0 amide bonds. The van der Waals surface area contributed by atoms with Gasteiger partial charge in [-0.2, -0.15) is 13.2 Å². The van der Waals surface area contributed by atoms with Crippen molar-refractivity contribution in [3.8, 4) is 0 Å². The van der Waals surface area contributed by atoms with Crippen LogP contribution in [0.2, 0.25) is 0 Å². The number of hydrogen-bond acceptors (Lipinski definition) is 5. The normalized spacial score (nSPS) is 21.7. The molecule has 3 aliphatic rings. The van der Waals surface area contributed by atoms with Crippen molar-refractivity contribution >= 4 is 33.2 Å². The number of hydrogen-bond donors (Lipinski definition) is 0. The van der Waals surface area contributed by atoms with E-state index in [1.54, 1.807) is 6.07 Å². The highest BCUT2D eigenvalue weighted by Gasteiger charge is 2.48. The summed E-state index contributed by atoms with van der Waals surface area (Å²) in [5.41, 5.74) is 3.99. The van der Waals surface area contributed by atoms with Crippen molar-refractivity contribution in [2.75, 3.05) is 18.0 Å². The van der Waals surface area contributed by atoms with E-state index in [1.165, 1.54) is 35.9 Å². The minimum atomic E-state index is -4.22. The van der Waals surface area contributed by atoms with Crippen molar-refractivity contribution in [3.63, 3.8) is 0 Å². The van der Waals surface area contributed by atoms with Gasteiger partial charge < -0.3 is 4.90 Å². The average molecular weight is 472 g/mol. The number of aromatic nitrogens is 2. The maximum absolute atomic E-state index is 12.8. The maximum Gasteiger partial charge on any atom is 0.393 e. The second kappa shape index (κ2) is 7.52. The summed E-state index contributed by atoms with van der Waals surface area (Å²) in [7, 11) is 0. The summed E-state index contributed by atoms with van der Waals surface area (Å²) in [6, 6.07) is 8.15. The van der Waals surface area contributed by atoms with Crippen LogP contribution in [0.15, 0.2) is 30.6 Å². The fourth-order valence-corrected chi connectivity index (χ4v) is 7.12. The number of fused-ring (bicyclic) bond motifs is 2. The molecule has 0 N–H and O–H groups in total. The average Bonchev–Trinajstić information content (AvgIpc) is 3.40. The van der Waals surface area contributed by atoms with Crippen molar-refractivity contribution in [2.45, 2.75) is 51.1 Å². The molecule has 1 saturated heterocycles. The largest absolute Gasteiger partial charge is 0.393 e. The Labute approximate surface area is 193 Å². The first kappa shape index (κ1) is 21.1. The second-order valence-corrected chi connectivity index (χ2v) is 11.2. The Kier molecular flexibility index (Phi) is 4.80. The van der Waals surface area contributed by atoms with Crippen LogP contribution in [0.4, 0.5) is 19.0 Å². The highest BCUT2D eigenvalue weighted by Crippen LogP contribution is 2.51. The Morgan fingerprint density at radius 1 is 1.12 bits per heavy atom. The SMILES string of the molecule is O=C1Cc2ccc(C[C@H]3CCC4(C3)CN(c3ncnc5sc(CC(F)(F)F)cc35)C4)cc2C1. The number of rotatable bonds is 4. The fraction of sp³-hybridized carbons (Fsp3) is 0.480. The van der Waals surface area contributed by atoms with E-state index in [0.717, 1.165) is 48.5 Å². The quantitative estimate of drug-likeness (QED) is 0.517. The zero-order valence-corrected chi connectivity index (χ0v) is 18.9. The lowest BCUT2D eigenvalue weighted by Crippen LogP contribution is -2.55. The van der Waals surface area contributed by atoms with E-state index in [0.29, 0.717) is 29.4 Å². The van der Waals surface area contributed by atoms with Crippen LogP contribution in [-0.2, 0) is 30.5 Å². The summed E-state index contributed by atoms with van der Waals surface area (Å²) < 4.78 is 38.5. The molecule has 33 heavy (non-hydrogen) atoms. The predicted octanol–water partition coefficient (Wildman–Crippen LogP) is 5.31. The molecule has 1 atom stereocenters. The molecular weight excluding hydrogens is 447 g/mol. The molecule has 172 valence electrons. The van der Waals surface area contributed by atoms with E-state index >= 15 is 0 Å². The van der Waals surface area contributed by atoms with Gasteiger partial charge in [0.05, 0.1) is 11.8 Å². The van der Waals surface area contributed by atoms with Crippen molar-refractivity contribution in [2.24, 2.45) is 11.3 Å². The van der Waals surface area contributed by atoms with Crippen LogP contribution in [0.25, 0.3) is 10.2 Å². The van der Waals surface area contributed by atoms with E-state index in [2.05, 4.69) is 33.1 Å². The Morgan fingerprint density at radius 2 is 1.94 bits per heavy atom. The fourth-order valence-electron chi connectivity index (χ4n) is 6.10. The molecule has 2 fully saturated rings. The van der Waals surface area contributed by atoms with Crippen LogP contribution in [0.1, 0.15) is 40.8 Å². The predicted molar refractivity (Wildman–Crippen MR) is 122 cm³/mol. The second-order valence-electron chi connectivity index (χ2n) is 10.1. The number of benzene rings is 1. The van der Waals surface area contributed by atoms with Crippen LogP contribution in [-0.4, -0.2) is 35.0 Å². The van der Waals surface area contributed by atoms with Crippen molar-refractivity contribution in [1.82, 2.24) is 9.97 Å². The minimum absolute atomic E-state index is 0.277. The number of Topliss-reactive ketones (excluding diaryl/α,β-unsaturated/α-hetero) is 1. The summed E-state index contributed by atoms with van der Waals surface area (Å²) in [5.74, 6) is 1.71. The number of anilines is 1. The molecule has 3 aromatic rings. The van der Waals surface area contributed by atoms with E-state index in [1.807, 2.05) is 0 Å². The van der Waals surface area contributed by atoms with Gasteiger partial charge in [0.15, 0.2) is 0 Å². The Balaban J connectivity index is 1.12. The Morgan fingerprint density at radius 3 is 2.76 bits per heavy atom. The first-order valence-electron chi connectivity index (χ1n) is 11.4. The topological polar surface area (TPSA) is 46.1 Å². The van der Waals surface area contributed by atoms with Crippen LogP contribution in [0.5, 0.6) is 0 Å². The van der Waals surface area contributed by atoms with Gasteiger partial charge >= 0.3 is 6.18 Å². The molecule has 4 nitrogen and oxygen atoms in total. The van der Waals surface area contributed by atoms with Crippen LogP contribution in [0, 0.1) is 11.3 Å². The van der Waals surface area contributed by atoms with Crippen molar-refractivity contribution < 1.29 is 18.0 Å². The lowest BCUT2D eigenvalue weighted by Gasteiger charge is -2.49. The van der Waals surface area contributed by atoms with Gasteiger partial charge in [-0.15, -0.1) is 11.3 Å². The Bertz CT molecular complexity index is 1250. The van der Waals surface area contributed by atoms with Gasteiger partial charge in [0.2, 0.25) is 0 Å².